The standard InChI is InChI=1S/C7H13NO.C3H8.C2H6/c1-7(9)8-5-3-2-4-6-8;1-3-2;1-2/h2-6H2,1H3;3H2,1-2H3;1-2H3. The largest absolute Gasteiger partial charge is 0.343 e. The molecule has 0 radical (unpaired) electrons. The van der Waals surface area contributed by atoms with Crippen LogP contribution in [0.25, 0.3) is 0 Å². The molecule has 0 aromatic heterocycles. The molecule has 86 valence electrons. The van der Waals surface area contributed by atoms with Crippen LogP contribution >= 0.6 is 0 Å². The first kappa shape index (κ1) is 15.9. The molecule has 0 spiro atoms. The minimum Gasteiger partial charge on any atom is -0.343 e. The highest BCUT2D eigenvalue weighted by Crippen LogP contribution is 2.07. The Bertz CT molecular complexity index is 117. The second-order valence-electron chi connectivity index (χ2n) is 3.27. The first-order chi connectivity index (χ1) is 6.72. The van der Waals surface area contributed by atoms with Gasteiger partial charge in [-0.2, -0.15) is 0 Å². The van der Waals surface area contributed by atoms with Crippen molar-refractivity contribution in [1.29, 1.82) is 0 Å². The second-order valence-corrected chi connectivity index (χ2v) is 3.27. The highest BCUT2D eigenvalue weighted by atomic mass is 16.2. The molecule has 0 unspecified atom stereocenters. The molecule has 1 amide bonds. The first-order valence-corrected chi connectivity index (χ1v) is 5.97. The van der Waals surface area contributed by atoms with Gasteiger partial charge in [0.2, 0.25) is 5.91 Å². The van der Waals surface area contributed by atoms with Gasteiger partial charge in [0.25, 0.3) is 0 Å². The summed E-state index contributed by atoms with van der Waals surface area (Å²) in [5.74, 6) is 0.231. The summed E-state index contributed by atoms with van der Waals surface area (Å²) in [7, 11) is 0. The third kappa shape index (κ3) is 9.56. The quantitative estimate of drug-likeness (QED) is 0.587. The molecule has 0 N–H and O–H groups in total. The molecule has 14 heavy (non-hydrogen) atoms. The van der Waals surface area contributed by atoms with E-state index in [-0.39, 0.29) is 5.91 Å². The molecule has 0 bridgehead atoms. The fraction of sp³-hybridized carbons (Fsp3) is 0.917. The van der Waals surface area contributed by atoms with Crippen LogP contribution < -0.4 is 0 Å². The van der Waals surface area contributed by atoms with Crippen molar-refractivity contribution in [3.63, 3.8) is 0 Å². The average molecular weight is 201 g/mol. The maximum atomic E-state index is 10.7. The number of nitrogens with zero attached hydrogens (tertiary/aromatic N) is 1. The van der Waals surface area contributed by atoms with Crippen molar-refractivity contribution in [2.24, 2.45) is 0 Å². The predicted octanol–water partition coefficient (Wildman–Crippen LogP) is 3.46. The molecule has 2 heteroatoms. The summed E-state index contributed by atoms with van der Waals surface area (Å²) in [6, 6.07) is 0. The summed E-state index contributed by atoms with van der Waals surface area (Å²) in [5, 5.41) is 0. The van der Waals surface area contributed by atoms with Gasteiger partial charge in [0, 0.05) is 20.0 Å². The van der Waals surface area contributed by atoms with Crippen LogP contribution in [0, 0.1) is 0 Å². The zero-order valence-corrected chi connectivity index (χ0v) is 10.6. The molecular formula is C12H27NO. The van der Waals surface area contributed by atoms with E-state index in [1.54, 1.807) is 6.92 Å². The number of rotatable bonds is 0. The zero-order chi connectivity index (χ0) is 11.4. The van der Waals surface area contributed by atoms with Crippen molar-refractivity contribution < 1.29 is 4.79 Å². The smallest absolute Gasteiger partial charge is 0.219 e. The van der Waals surface area contributed by atoms with Gasteiger partial charge in [-0.15, -0.1) is 0 Å². The monoisotopic (exact) mass is 201 g/mol. The molecule has 0 aliphatic carbocycles. The van der Waals surface area contributed by atoms with Gasteiger partial charge in [0.15, 0.2) is 0 Å². The topological polar surface area (TPSA) is 20.3 Å². The highest BCUT2D eigenvalue weighted by Gasteiger charge is 2.10. The lowest BCUT2D eigenvalue weighted by Crippen LogP contribution is -2.33. The molecule has 1 fully saturated rings. The summed E-state index contributed by atoms with van der Waals surface area (Å²) in [5.41, 5.74) is 0. The van der Waals surface area contributed by atoms with Gasteiger partial charge in [-0.25, -0.2) is 0 Å². The Labute approximate surface area is 89.7 Å². The third-order valence-corrected chi connectivity index (χ3v) is 1.80. The number of carbonyl (C=O) groups excluding carboxylic acids is 1. The molecule has 1 aliphatic heterocycles. The lowest BCUT2D eigenvalue weighted by molar-refractivity contribution is -0.129. The second kappa shape index (κ2) is 12.5. The van der Waals surface area contributed by atoms with Crippen LogP contribution in [0.3, 0.4) is 0 Å². The molecule has 1 heterocycles. The van der Waals surface area contributed by atoms with Crippen molar-refractivity contribution in [2.45, 2.75) is 60.3 Å². The number of hydrogen-bond acceptors (Lipinski definition) is 1. The highest BCUT2D eigenvalue weighted by molar-refractivity contribution is 5.73. The van der Waals surface area contributed by atoms with Crippen LogP contribution in [0.2, 0.25) is 0 Å². The minimum atomic E-state index is 0.231. The van der Waals surface area contributed by atoms with Gasteiger partial charge in [-0.3, -0.25) is 4.79 Å². The Morgan fingerprint density at radius 2 is 1.43 bits per heavy atom. The molecule has 0 saturated carbocycles. The van der Waals surface area contributed by atoms with Crippen LogP contribution in [0.1, 0.15) is 60.3 Å². The Hall–Kier alpha value is -0.530. The van der Waals surface area contributed by atoms with Crippen LogP contribution in [0.15, 0.2) is 0 Å². The summed E-state index contributed by atoms with van der Waals surface area (Å²) in [4.78, 5) is 12.6. The molecular weight excluding hydrogens is 174 g/mol. The fourth-order valence-corrected chi connectivity index (χ4v) is 1.21. The van der Waals surface area contributed by atoms with E-state index in [4.69, 9.17) is 0 Å². The number of amides is 1. The first-order valence-electron chi connectivity index (χ1n) is 5.97. The summed E-state index contributed by atoms with van der Waals surface area (Å²) >= 11 is 0. The normalized spacial score (nSPS) is 14.5. The predicted molar refractivity (Wildman–Crippen MR) is 63.4 cm³/mol. The van der Waals surface area contributed by atoms with Crippen LogP contribution in [-0.4, -0.2) is 23.9 Å². The number of likely N-dealkylation sites (tertiary alicyclic amines) is 1. The Morgan fingerprint density at radius 3 is 1.64 bits per heavy atom. The van der Waals surface area contributed by atoms with E-state index in [0.717, 1.165) is 13.1 Å². The van der Waals surface area contributed by atoms with Gasteiger partial charge >= 0.3 is 0 Å². The Kier molecular flexibility index (Phi) is 14.2. The Morgan fingerprint density at radius 1 is 1.07 bits per heavy atom. The molecule has 1 saturated heterocycles. The van der Waals surface area contributed by atoms with Crippen molar-refractivity contribution in [1.82, 2.24) is 4.90 Å². The molecule has 0 aromatic rings. The maximum Gasteiger partial charge on any atom is 0.219 e. The number of hydrogen-bond donors (Lipinski definition) is 0. The lowest BCUT2D eigenvalue weighted by atomic mass is 10.1. The minimum absolute atomic E-state index is 0.231. The van der Waals surface area contributed by atoms with Crippen molar-refractivity contribution >= 4 is 5.91 Å². The van der Waals surface area contributed by atoms with Gasteiger partial charge in [0.1, 0.15) is 0 Å². The van der Waals surface area contributed by atoms with E-state index < -0.39 is 0 Å². The van der Waals surface area contributed by atoms with E-state index in [9.17, 15) is 4.79 Å². The average Bonchev–Trinajstić information content (AvgIpc) is 2.23. The zero-order valence-electron chi connectivity index (χ0n) is 10.6. The van der Waals surface area contributed by atoms with E-state index >= 15 is 0 Å². The maximum absolute atomic E-state index is 10.7. The molecule has 0 atom stereocenters. The van der Waals surface area contributed by atoms with E-state index in [0.29, 0.717) is 0 Å². The van der Waals surface area contributed by atoms with Gasteiger partial charge in [-0.05, 0) is 19.3 Å². The van der Waals surface area contributed by atoms with Crippen molar-refractivity contribution in [2.75, 3.05) is 13.1 Å². The van der Waals surface area contributed by atoms with Crippen LogP contribution in [0.5, 0.6) is 0 Å². The molecule has 0 aromatic carbocycles. The number of piperidine rings is 1. The summed E-state index contributed by atoms with van der Waals surface area (Å²) in [6.07, 6.45) is 4.93. The van der Waals surface area contributed by atoms with Crippen LogP contribution in [0.4, 0.5) is 0 Å². The number of carbonyl (C=O) groups is 1. The molecule has 1 rings (SSSR count). The van der Waals surface area contributed by atoms with Crippen LogP contribution in [-0.2, 0) is 4.79 Å². The van der Waals surface area contributed by atoms with E-state index in [1.165, 1.54) is 25.7 Å². The van der Waals surface area contributed by atoms with E-state index in [2.05, 4.69) is 13.8 Å². The molecule has 2 nitrogen and oxygen atoms in total. The van der Waals surface area contributed by atoms with Crippen molar-refractivity contribution in [3.8, 4) is 0 Å². The van der Waals surface area contributed by atoms with Crippen molar-refractivity contribution in [3.05, 3.63) is 0 Å². The van der Waals surface area contributed by atoms with Gasteiger partial charge < -0.3 is 4.90 Å². The summed E-state index contributed by atoms with van der Waals surface area (Å²) < 4.78 is 0. The fourth-order valence-electron chi connectivity index (χ4n) is 1.21. The Balaban J connectivity index is 0. The molecule has 1 aliphatic rings. The van der Waals surface area contributed by atoms with Gasteiger partial charge in [-0.1, -0.05) is 34.1 Å². The SMILES string of the molecule is CC.CC(=O)N1CCCCC1.CCC. The third-order valence-electron chi connectivity index (χ3n) is 1.80. The lowest BCUT2D eigenvalue weighted by Gasteiger charge is -2.24. The van der Waals surface area contributed by atoms with E-state index in [1.807, 2.05) is 18.7 Å². The van der Waals surface area contributed by atoms with Gasteiger partial charge in [0.05, 0.1) is 0 Å². The summed E-state index contributed by atoms with van der Waals surface area (Å²) in [6.45, 7) is 11.9.